The van der Waals surface area contributed by atoms with E-state index in [1.165, 1.54) is 11.1 Å². The van der Waals surface area contributed by atoms with E-state index in [0.29, 0.717) is 12.5 Å². The van der Waals surface area contributed by atoms with E-state index in [1.807, 2.05) is 32.2 Å². The largest absolute Gasteiger partial charge is 0.493 e. The fourth-order valence-electron chi connectivity index (χ4n) is 3.71. The maximum atomic E-state index is 5.76. The van der Waals surface area contributed by atoms with Crippen LogP contribution in [0.3, 0.4) is 0 Å². The van der Waals surface area contributed by atoms with Crippen LogP contribution in [0.2, 0.25) is 0 Å². The minimum absolute atomic E-state index is 0. The molecule has 0 aromatic heterocycles. The molecule has 6 nitrogen and oxygen atoms in total. The molecule has 0 spiro atoms. The van der Waals surface area contributed by atoms with Gasteiger partial charge in [-0.05, 0) is 55.5 Å². The van der Waals surface area contributed by atoms with E-state index in [4.69, 9.17) is 14.2 Å². The summed E-state index contributed by atoms with van der Waals surface area (Å²) in [5, 5.41) is 6.88. The molecule has 2 aromatic rings. The van der Waals surface area contributed by atoms with Crippen LogP contribution in [0.5, 0.6) is 17.2 Å². The molecule has 0 amide bonds. The fourth-order valence-corrected chi connectivity index (χ4v) is 3.71. The summed E-state index contributed by atoms with van der Waals surface area (Å²) in [5.74, 6) is 3.86. The highest BCUT2D eigenvalue weighted by atomic mass is 127. The van der Waals surface area contributed by atoms with Crippen molar-refractivity contribution in [1.82, 2.24) is 10.6 Å². The number of hydrogen-bond acceptors (Lipinski definition) is 4. The maximum Gasteiger partial charge on any atom is 0.190 e. The number of methoxy groups -OCH3 is 1. The van der Waals surface area contributed by atoms with Gasteiger partial charge >= 0.3 is 0 Å². The van der Waals surface area contributed by atoms with E-state index >= 15 is 0 Å². The fraction of sp³-hybridized carbons (Fsp3) is 0.458. The zero-order chi connectivity index (χ0) is 21.2. The van der Waals surface area contributed by atoms with Crippen LogP contribution >= 0.6 is 24.0 Å². The summed E-state index contributed by atoms with van der Waals surface area (Å²) in [5.41, 5.74) is 2.51. The third kappa shape index (κ3) is 7.19. The average Bonchev–Trinajstić information content (AvgIpc) is 2.79. The Morgan fingerprint density at radius 2 is 2.00 bits per heavy atom. The smallest absolute Gasteiger partial charge is 0.190 e. The number of para-hydroxylation sites is 1. The number of guanidine groups is 1. The second-order valence-electron chi connectivity index (χ2n) is 7.27. The van der Waals surface area contributed by atoms with Crippen LogP contribution in [0.4, 0.5) is 0 Å². The minimum atomic E-state index is 0. The highest BCUT2D eigenvalue weighted by Gasteiger charge is 2.21. The van der Waals surface area contributed by atoms with Gasteiger partial charge in [0.05, 0.1) is 20.3 Å². The zero-order valence-electron chi connectivity index (χ0n) is 18.6. The van der Waals surface area contributed by atoms with Gasteiger partial charge in [-0.3, -0.25) is 4.99 Å². The van der Waals surface area contributed by atoms with Gasteiger partial charge in [-0.15, -0.1) is 24.0 Å². The molecule has 0 saturated heterocycles. The molecule has 31 heavy (non-hydrogen) atoms. The van der Waals surface area contributed by atoms with Gasteiger partial charge in [-0.1, -0.05) is 24.3 Å². The summed E-state index contributed by atoms with van der Waals surface area (Å²) in [6.45, 7) is 5.06. The quantitative estimate of drug-likeness (QED) is 0.215. The van der Waals surface area contributed by atoms with Crippen molar-refractivity contribution in [3.63, 3.8) is 0 Å². The van der Waals surface area contributed by atoms with Gasteiger partial charge in [0.1, 0.15) is 5.75 Å². The van der Waals surface area contributed by atoms with Crippen LogP contribution in [-0.4, -0.2) is 46.4 Å². The average molecular weight is 539 g/mol. The first-order valence-electron chi connectivity index (χ1n) is 10.7. The van der Waals surface area contributed by atoms with Gasteiger partial charge in [-0.2, -0.15) is 0 Å². The summed E-state index contributed by atoms with van der Waals surface area (Å²) in [7, 11) is 3.48. The van der Waals surface area contributed by atoms with Crippen LogP contribution < -0.4 is 24.8 Å². The van der Waals surface area contributed by atoms with E-state index in [9.17, 15) is 0 Å². The molecule has 1 unspecified atom stereocenters. The van der Waals surface area contributed by atoms with Crippen molar-refractivity contribution in [2.24, 2.45) is 4.99 Å². The van der Waals surface area contributed by atoms with Crippen LogP contribution in [-0.2, 0) is 6.42 Å². The van der Waals surface area contributed by atoms with Crippen LogP contribution in [0.25, 0.3) is 0 Å². The van der Waals surface area contributed by atoms with Crippen LogP contribution in [0.15, 0.2) is 47.5 Å². The monoisotopic (exact) mass is 539 g/mol. The molecule has 0 saturated carbocycles. The molecule has 1 heterocycles. The Bertz CT molecular complexity index is 845. The van der Waals surface area contributed by atoms with Gasteiger partial charge in [0.2, 0.25) is 0 Å². The Balaban J connectivity index is 0.00000341. The lowest BCUT2D eigenvalue weighted by molar-refractivity contribution is 0.267. The molecule has 1 atom stereocenters. The Labute approximate surface area is 202 Å². The number of nitrogens with one attached hydrogen (secondary N) is 2. The minimum Gasteiger partial charge on any atom is -0.493 e. The summed E-state index contributed by atoms with van der Waals surface area (Å²) >= 11 is 0. The van der Waals surface area contributed by atoms with Crippen LogP contribution in [0.1, 0.15) is 36.8 Å². The van der Waals surface area contributed by atoms with Crippen molar-refractivity contribution in [3.05, 3.63) is 53.6 Å². The number of rotatable bonds is 9. The highest BCUT2D eigenvalue weighted by Crippen LogP contribution is 2.32. The lowest BCUT2D eigenvalue weighted by atomic mass is 9.93. The molecule has 0 bridgehead atoms. The summed E-state index contributed by atoms with van der Waals surface area (Å²) < 4.78 is 16.8. The number of ether oxygens (including phenoxy) is 3. The maximum absolute atomic E-state index is 5.76. The number of halogens is 1. The Morgan fingerprint density at radius 1 is 1.16 bits per heavy atom. The van der Waals surface area contributed by atoms with E-state index in [1.54, 1.807) is 7.11 Å². The molecule has 0 fully saturated rings. The topological polar surface area (TPSA) is 64.1 Å². The van der Waals surface area contributed by atoms with E-state index in [-0.39, 0.29) is 24.0 Å². The van der Waals surface area contributed by atoms with Gasteiger partial charge in [0, 0.05) is 26.1 Å². The number of fused-ring (bicyclic) bond motifs is 1. The molecule has 1 aliphatic rings. The number of hydrogen-bond donors (Lipinski definition) is 2. The first-order valence-corrected chi connectivity index (χ1v) is 10.7. The van der Waals surface area contributed by atoms with E-state index in [2.05, 4.69) is 39.9 Å². The van der Waals surface area contributed by atoms with Crippen molar-refractivity contribution in [1.29, 1.82) is 0 Å². The highest BCUT2D eigenvalue weighted by molar-refractivity contribution is 14.0. The second-order valence-corrected chi connectivity index (χ2v) is 7.27. The van der Waals surface area contributed by atoms with E-state index < -0.39 is 0 Å². The Hall–Kier alpha value is -2.16. The zero-order valence-corrected chi connectivity index (χ0v) is 21.0. The first kappa shape index (κ1) is 25.1. The Morgan fingerprint density at radius 3 is 2.77 bits per heavy atom. The van der Waals surface area contributed by atoms with Gasteiger partial charge in [0.15, 0.2) is 17.5 Å². The molecule has 1 aliphatic heterocycles. The van der Waals surface area contributed by atoms with Crippen molar-refractivity contribution in [3.8, 4) is 17.2 Å². The number of aliphatic imine (C=N–C) groups is 1. The molecular formula is C24H34IN3O3. The molecule has 170 valence electrons. The van der Waals surface area contributed by atoms with E-state index in [0.717, 1.165) is 62.2 Å². The number of nitrogens with zero attached hydrogens (tertiary/aromatic N) is 1. The lowest BCUT2D eigenvalue weighted by Crippen LogP contribution is -2.40. The molecular weight excluding hydrogens is 505 g/mol. The SMILES string of the molecule is CCOc1cc(CCCNC(=NC)NCC2CCOc3ccccc32)ccc1OC.I. The third-order valence-corrected chi connectivity index (χ3v) is 5.28. The number of benzene rings is 2. The Kier molecular flexibility index (Phi) is 10.8. The van der Waals surface area contributed by atoms with Crippen molar-refractivity contribution >= 4 is 29.9 Å². The van der Waals surface area contributed by atoms with Crippen molar-refractivity contribution < 1.29 is 14.2 Å². The van der Waals surface area contributed by atoms with Crippen molar-refractivity contribution in [2.75, 3.05) is 40.5 Å². The molecule has 7 heteroatoms. The second kappa shape index (κ2) is 13.3. The third-order valence-electron chi connectivity index (χ3n) is 5.28. The molecule has 3 rings (SSSR count). The predicted molar refractivity (Wildman–Crippen MR) is 137 cm³/mol. The molecule has 0 aliphatic carbocycles. The summed E-state index contributed by atoms with van der Waals surface area (Å²) in [6.07, 6.45) is 2.97. The normalized spacial score (nSPS) is 15.2. The predicted octanol–water partition coefficient (Wildman–Crippen LogP) is 4.38. The van der Waals surface area contributed by atoms with Gasteiger partial charge < -0.3 is 24.8 Å². The van der Waals surface area contributed by atoms with Crippen LogP contribution in [0, 0.1) is 0 Å². The molecule has 0 radical (unpaired) electrons. The van der Waals surface area contributed by atoms with Crippen molar-refractivity contribution in [2.45, 2.75) is 32.1 Å². The summed E-state index contributed by atoms with van der Waals surface area (Å²) in [6, 6.07) is 14.4. The van der Waals surface area contributed by atoms with Gasteiger partial charge in [-0.25, -0.2) is 0 Å². The summed E-state index contributed by atoms with van der Waals surface area (Å²) in [4.78, 5) is 4.36. The lowest BCUT2D eigenvalue weighted by Gasteiger charge is -2.26. The van der Waals surface area contributed by atoms with Gasteiger partial charge in [0.25, 0.3) is 0 Å². The number of aryl methyl sites for hydroxylation is 1. The standard InChI is InChI=1S/C24H33N3O3.HI/c1-4-29-23-16-18(11-12-22(23)28-3)8-7-14-26-24(25-2)27-17-19-13-15-30-21-10-6-5-9-20(19)21;/h5-6,9-12,16,19H,4,7-8,13-15,17H2,1-3H3,(H2,25,26,27);1H. The first-order chi connectivity index (χ1) is 14.7. The molecule has 2 aromatic carbocycles. The molecule has 2 N–H and O–H groups in total.